The number of imidazole rings is 1. The van der Waals surface area contributed by atoms with Gasteiger partial charge in [-0.1, -0.05) is 19.9 Å². The molecule has 0 aliphatic heterocycles. The Morgan fingerprint density at radius 1 is 1.33 bits per heavy atom. The average Bonchev–Trinajstić information content (AvgIpc) is 2.63. The Kier molecular flexibility index (Phi) is 3.20. The Morgan fingerprint density at radius 3 is 2.56 bits per heavy atom. The summed E-state index contributed by atoms with van der Waals surface area (Å²) >= 11 is 0. The summed E-state index contributed by atoms with van der Waals surface area (Å²) in [7, 11) is 0. The van der Waals surface area contributed by atoms with Crippen molar-refractivity contribution in [2.45, 2.75) is 46.1 Å². The van der Waals surface area contributed by atoms with Crippen LogP contribution < -0.4 is 0 Å². The predicted octanol–water partition coefficient (Wildman–Crippen LogP) is 3.20. The first-order chi connectivity index (χ1) is 8.36. The highest BCUT2D eigenvalue weighted by molar-refractivity contribution is 5.77. The number of hydrogen-bond donors (Lipinski definition) is 1. The van der Waals surface area contributed by atoms with Crippen molar-refractivity contribution in [3.05, 3.63) is 29.6 Å². The van der Waals surface area contributed by atoms with Crippen molar-refractivity contribution in [2.24, 2.45) is 0 Å². The number of rotatable bonds is 3. The van der Waals surface area contributed by atoms with E-state index in [0.717, 1.165) is 16.9 Å². The van der Waals surface area contributed by atoms with Gasteiger partial charge in [-0.2, -0.15) is 0 Å². The molecule has 2 aromatic rings. The van der Waals surface area contributed by atoms with Gasteiger partial charge >= 0.3 is 0 Å². The second-order valence-corrected chi connectivity index (χ2v) is 5.87. The number of aliphatic hydroxyl groups is 1. The molecule has 0 spiro atoms. The summed E-state index contributed by atoms with van der Waals surface area (Å²) in [6, 6.07) is 6.71. The molecule has 0 saturated carbocycles. The molecule has 0 fully saturated rings. The molecule has 0 saturated heterocycles. The molecule has 1 aromatic carbocycles. The van der Waals surface area contributed by atoms with Crippen molar-refractivity contribution in [3.63, 3.8) is 0 Å². The monoisotopic (exact) mass is 246 g/mol. The molecule has 1 heterocycles. The van der Waals surface area contributed by atoms with Crippen LogP contribution in [0, 0.1) is 6.92 Å². The highest BCUT2D eigenvalue weighted by Gasteiger charge is 2.21. The Hall–Kier alpha value is -1.35. The number of aryl methyl sites for hydroxylation is 1. The summed E-state index contributed by atoms with van der Waals surface area (Å²) in [4.78, 5) is 4.62. The van der Waals surface area contributed by atoms with Gasteiger partial charge in [0.1, 0.15) is 5.82 Å². The fraction of sp³-hybridized carbons (Fsp3) is 0.533. The van der Waals surface area contributed by atoms with Crippen molar-refractivity contribution in [2.75, 3.05) is 6.61 Å². The van der Waals surface area contributed by atoms with Crippen molar-refractivity contribution < 1.29 is 5.11 Å². The lowest BCUT2D eigenvalue weighted by molar-refractivity contribution is 0.218. The van der Waals surface area contributed by atoms with Gasteiger partial charge in [-0.25, -0.2) is 4.98 Å². The highest BCUT2D eigenvalue weighted by atomic mass is 16.3. The Bertz CT molecular complexity index is 567. The lowest BCUT2D eigenvalue weighted by Gasteiger charge is -2.22. The molecule has 0 aliphatic rings. The first-order valence-electron chi connectivity index (χ1n) is 6.47. The smallest absolute Gasteiger partial charge is 0.106 e. The standard InChI is InChI=1S/C15H22N2O/c1-10(2)17-11(3)16-13-8-12(6-7-14(13)17)15(4,5)9-18/h6-8,10,18H,9H2,1-5H3. The minimum Gasteiger partial charge on any atom is -0.395 e. The predicted molar refractivity (Wildman–Crippen MR) is 75.0 cm³/mol. The van der Waals surface area contributed by atoms with Crippen molar-refractivity contribution in [1.29, 1.82) is 0 Å². The topological polar surface area (TPSA) is 38.1 Å². The molecule has 0 aliphatic carbocycles. The first kappa shape index (κ1) is 13.1. The molecule has 3 heteroatoms. The van der Waals surface area contributed by atoms with Crippen LogP contribution in [0.15, 0.2) is 18.2 Å². The number of hydrogen-bond acceptors (Lipinski definition) is 2. The second kappa shape index (κ2) is 4.39. The van der Waals surface area contributed by atoms with Gasteiger partial charge < -0.3 is 9.67 Å². The van der Waals surface area contributed by atoms with Crippen LogP contribution >= 0.6 is 0 Å². The number of nitrogens with zero attached hydrogens (tertiary/aromatic N) is 2. The number of fused-ring (bicyclic) bond motifs is 1. The van der Waals surface area contributed by atoms with E-state index < -0.39 is 0 Å². The lowest BCUT2D eigenvalue weighted by atomic mass is 9.85. The minimum atomic E-state index is -0.219. The van der Waals surface area contributed by atoms with Gasteiger partial charge in [0.2, 0.25) is 0 Å². The van der Waals surface area contributed by atoms with E-state index in [2.05, 4.69) is 41.6 Å². The Balaban J connectivity index is 2.62. The zero-order valence-corrected chi connectivity index (χ0v) is 11.9. The van der Waals surface area contributed by atoms with E-state index in [9.17, 15) is 5.11 Å². The van der Waals surface area contributed by atoms with Crippen LogP contribution in [0.2, 0.25) is 0 Å². The maximum atomic E-state index is 9.44. The molecule has 0 bridgehead atoms. The third-order valence-electron chi connectivity index (χ3n) is 3.56. The summed E-state index contributed by atoms with van der Waals surface area (Å²) in [5.41, 5.74) is 3.09. The van der Waals surface area contributed by atoms with Gasteiger partial charge in [0.25, 0.3) is 0 Å². The van der Waals surface area contributed by atoms with E-state index in [0.29, 0.717) is 6.04 Å². The lowest BCUT2D eigenvalue weighted by Crippen LogP contribution is -2.21. The number of aromatic nitrogens is 2. The quantitative estimate of drug-likeness (QED) is 0.903. The van der Waals surface area contributed by atoms with E-state index >= 15 is 0 Å². The largest absolute Gasteiger partial charge is 0.395 e. The third-order valence-corrected chi connectivity index (χ3v) is 3.56. The summed E-state index contributed by atoms with van der Waals surface area (Å²) in [5, 5.41) is 9.44. The van der Waals surface area contributed by atoms with Crippen LogP contribution in [0.4, 0.5) is 0 Å². The molecule has 1 aromatic heterocycles. The number of benzene rings is 1. The summed E-state index contributed by atoms with van der Waals surface area (Å²) < 4.78 is 2.24. The van der Waals surface area contributed by atoms with Crippen LogP contribution in [-0.4, -0.2) is 21.3 Å². The molecular formula is C15H22N2O. The zero-order chi connectivity index (χ0) is 13.5. The van der Waals surface area contributed by atoms with E-state index in [1.165, 1.54) is 5.52 Å². The van der Waals surface area contributed by atoms with Gasteiger partial charge in [0.15, 0.2) is 0 Å². The van der Waals surface area contributed by atoms with E-state index in [4.69, 9.17) is 0 Å². The molecule has 18 heavy (non-hydrogen) atoms. The second-order valence-electron chi connectivity index (χ2n) is 5.87. The van der Waals surface area contributed by atoms with Crippen molar-refractivity contribution in [3.8, 4) is 0 Å². The van der Waals surface area contributed by atoms with Crippen LogP contribution in [-0.2, 0) is 5.41 Å². The van der Waals surface area contributed by atoms with Crippen LogP contribution in [0.25, 0.3) is 11.0 Å². The third kappa shape index (κ3) is 2.03. The summed E-state index contributed by atoms with van der Waals surface area (Å²) in [5.74, 6) is 1.04. The van der Waals surface area contributed by atoms with Gasteiger partial charge in [-0.05, 0) is 38.5 Å². The van der Waals surface area contributed by atoms with Gasteiger partial charge in [-0.3, -0.25) is 0 Å². The van der Waals surface area contributed by atoms with E-state index in [1.807, 2.05) is 20.8 Å². The fourth-order valence-electron chi connectivity index (χ4n) is 2.38. The molecule has 98 valence electrons. The normalized spacial score (nSPS) is 12.6. The molecule has 0 radical (unpaired) electrons. The molecule has 3 nitrogen and oxygen atoms in total. The van der Waals surface area contributed by atoms with Gasteiger partial charge in [-0.15, -0.1) is 0 Å². The Labute approximate surface area is 108 Å². The molecule has 2 rings (SSSR count). The van der Waals surface area contributed by atoms with E-state index in [1.54, 1.807) is 0 Å². The Morgan fingerprint density at radius 2 is 2.00 bits per heavy atom. The maximum absolute atomic E-state index is 9.44. The maximum Gasteiger partial charge on any atom is 0.106 e. The number of aliphatic hydroxyl groups excluding tert-OH is 1. The van der Waals surface area contributed by atoms with Crippen LogP contribution in [0.3, 0.4) is 0 Å². The minimum absolute atomic E-state index is 0.141. The van der Waals surface area contributed by atoms with Gasteiger partial charge in [0.05, 0.1) is 17.6 Å². The zero-order valence-electron chi connectivity index (χ0n) is 11.9. The molecular weight excluding hydrogens is 224 g/mol. The van der Waals surface area contributed by atoms with Crippen molar-refractivity contribution in [1.82, 2.24) is 9.55 Å². The first-order valence-corrected chi connectivity index (χ1v) is 6.47. The molecule has 0 unspecified atom stereocenters. The summed E-state index contributed by atoms with van der Waals surface area (Å²) in [6.45, 7) is 10.6. The van der Waals surface area contributed by atoms with E-state index in [-0.39, 0.29) is 12.0 Å². The van der Waals surface area contributed by atoms with Gasteiger partial charge in [0, 0.05) is 11.5 Å². The van der Waals surface area contributed by atoms with Crippen LogP contribution in [0.5, 0.6) is 0 Å². The molecule has 1 N–H and O–H groups in total. The molecule has 0 atom stereocenters. The SMILES string of the molecule is Cc1nc2cc(C(C)(C)CO)ccc2n1C(C)C. The van der Waals surface area contributed by atoms with Crippen molar-refractivity contribution >= 4 is 11.0 Å². The fourth-order valence-corrected chi connectivity index (χ4v) is 2.38. The van der Waals surface area contributed by atoms with Crippen LogP contribution in [0.1, 0.15) is 45.1 Å². The average molecular weight is 246 g/mol. The highest BCUT2D eigenvalue weighted by Crippen LogP contribution is 2.27. The molecule has 0 amide bonds. The summed E-state index contributed by atoms with van der Waals surface area (Å²) in [6.07, 6.45) is 0.